The second kappa shape index (κ2) is 8.41. The number of benzene rings is 2. The Morgan fingerprint density at radius 3 is 2.50 bits per heavy atom. The van der Waals surface area contributed by atoms with E-state index in [4.69, 9.17) is 16.1 Å². The lowest BCUT2D eigenvalue weighted by molar-refractivity contribution is -0.125. The van der Waals surface area contributed by atoms with E-state index in [1.165, 1.54) is 0 Å². The van der Waals surface area contributed by atoms with Crippen molar-refractivity contribution in [3.8, 4) is 11.4 Å². The molecule has 1 saturated heterocycles. The van der Waals surface area contributed by atoms with Crippen LogP contribution in [0.2, 0.25) is 5.02 Å². The van der Waals surface area contributed by atoms with Gasteiger partial charge in [-0.15, -0.1) is 0 Å². The Morgan fingerprint density at radius 2 is 1.79 bits per heavy atom. The molecule has 1 aliphatic rings. The number of hydrogen-bond donors (Lipinski definition) is 2. The van der Waals surface area contributed by atoms with Crippen LogP contribution in [0.1, 0.15) is 24.4 Å². The molecule has 8 heteroatoms. The molecule has 3 aromatic rings. The van der Waals surface area contributed by atoms with Crippen molar-refractivity contribution in [1.29, 1.82) is 0 Å². The molecule has 1 fully saturated rings. The number of anilines is 1. The van der Waals surface area contributed by atoms with Gasteiger partial charge >= 0.3 is 6.01 Å². The molecule has 2 aromatic carbocycles. The summed E-state index contributed by atoms with van der Waals surface area (Å²) >= 11 is 5.89. The fourth-order valence-corrected chi connectivity index (χ4v) is 3.46. The van der Waals surface area contributed by atoms with Crippen molar-refractivity contribution in [1.82, 2.24) is 20.5 Å². The van der Waals surface area contributed by atoms with Crippen molar-refractivity contribution >= 4 is 23.5 Å². The SMILES string of the molecule is O=C(NNc1nc(-c2ccc(Cl)cc2)no1)C(c1ccccc1)N1CCCC1. The smallest absolute Gasteiger partial charge is 0.313 e. The van der Waals surface area contributed by atoms with Gasteiger partial charge in [0.1, 0.15) is 6.04 Å². The number of hydrazine groups is 1. The quantitative estimate of drug-likeness (QED) is 0.617. The molecule has 144 valence electrons. The van der Waals surface area contributed by atoms with Crippen molar-refractivity contribution in [3.05, 3.63) is 65.2 Å². The third-order valence-corrected chi connectivity index (χ3v) is 4.94. The molecule has 7 nitrogen and oxygen atoms in total. The normalized spacial score (nSPS) is 15.3. The standard InChI is InChI=1S/C20H20ClN5O2/c21-16-10-8-15(9-11-16)18-22-20(28-25-18)24-23-19(27)17(26-12-4-5-13-26)14-6-2-1-3-7-14/h1-3,6-11,17H,4-5,12-13H2,(H,23,27)(H,22,24,25). The number of nitrogens with one attached hydrogen (secondary N) is 2. The molecule has 0 bridgehead atoms. The van der Waals surface area contributed by atoms with E-state index in [2.05, 4.69) is 25.9 Å². The summed E-state index contributed by atoms with van der Waals surface area (Å²) in [6.45, 7) is 1.79. The van der Waals surface area contributed by atoms with E-state index < -0.39 is 0 Å². The number of likely N-dealkylation sites (tertiary alicyclic amines) is 1. The maximum Gasteiger partial charge on any atom is 0.340 e. The summed E-state index contributed by atoms with van der Waals surface area (Å²) < 4.78 is 5.18. The lowest BCUT2D eigenvalue weighted by atomic mass is 10.1. The van der Waals surface area contributed by atoms with Gasteiger partial charge in [-0.05, 0) is 55.8 Å². The van der Waals surface area contributed by atoms with E-state index >= 15 is 0 Å². The molecule has 1 aromatic heterocycles. The first-order valence-corrected chi connectivity index (χ1v) is 9.53. The molecule has 1 unspecified atom stereocenters. The maximum absolute atomic E-state index is 12.9. The van der Waals surface area contributed by atoms with E-state index in [1.807, 2.05) is 30.3 Å². The van der Waals surface area contributed by atoms with E-state index in [0.717, 1.165) is 37.1 Å². The van der Waals surface area contributed by atoms with Crippen LogP contribution in [0.25, 0.3) is 11.4 Å². The van der Waals surface area contributed by atoms with Gasteiger partial charge in [-0.3, -0.25) is 15.1 Å². The van der Waals surface area contributed by atoms with E-state index in [0.29, 0.717) is 10.8 Å². The van der Waals surface area contributed by atoms with Gasteiger partial charge in [0.05, 0.1) is 0 Å². The first-order chi connectivity index (χ1) is 13.7. The molecule has 1 atom stereocenters. The fourth-order valence-electron chi connectivity index (χ4n) is 3.34. The van der Waals surface area contributed by atoms with Gasteiger partial charge in [0.2, 0.25) is 5.82 Å². The first kappa shape index (κ1) is 18.5. The Hall–Kier alpha value is -2.90. The fraction of sp³-hybridized carbons (Fsp3) is 0.250. The van der Waals surface area contributed by atoms with Crippen LogP contribution in [0.5, 0.6) is 0 Å². The molecule has 4 rings (SSSR count). The number of nitrogens with zero attached hydrogens (tertiary/aromatic N) is 3. The highest BCUT2D eigenvalue weighted by atomic mass is 35.5. The first-order valence-electron chi connectivity index (χ1n) is 9.15. The number of carbonyl (C=O) groups is 1. The Labute approximate surface area is 167 Å². The van der Waals surface area contributed by atoms with Gasteiger partial charge in [-0.2, -0.15) is 4.98 Å². The number of amides is 1. The Kier molecular flexibility index (Phi) is 5.55. The van der Waals surface area contributed by atoms with E-state index in [1.54, 1.807) is 24.3 Å². The Bertz CT molecular complexity index is 923. The summed E-state index contributed by atoms with van der Waals surface area (Å²) in [4.78, 5) is 19.3. The van der Waals surface area contributed by atoms with Gasteiger partial charge in [0.15, 0.2) is 0 Å². The molecular formula is C20H20ClN5O2. The Morgan fingerprint density at radius 1 is 1.07 bits per heavy atom. The minimum Gasteiger partial charge on any atom is -0.313 e. The van der Waals surface area contributed by atoms with Crippen LogP contribution in [-0.2, 0) is 4.79 Å². The Balaban J connectivity index is 1.44. The molecular weight excluding hydrogens is 378 g/mol. The number of carbonyl (C=O) groups excluding carboxylic acids is 1. The summed E-state index contributed by atoms with van der Waals surface area (Å²) in [5, 5.41) is 4.55. The number of hydrogen-bond acceptors (Lipinski definition) is 6. The molecule has 28 heavy (non-hydrogen) atoms. The van der Waals surface area contributed by atoms with E-state index in [-0.39, 0.29) is 18.0 Å². The molecule has 1 aliphatic heterocycles. The number of rotatable bonds is 6. The van der Waals surface area contributed by atoms with Crippen LogP contribution >= 0.6 is 11.6 Å². The monoisotopic (exact) mass is 397 g/mol. The highest BCUT2D eigenvalue weighted by Gasteiger charge is 2.29. The highest BCUT2D eigenvalue weighted by molar-refractivity contribution is 6.30. The lowest BCUT2D eigenvalue weighted by Crippen LogP contribution is -2.41. The average Bonchev–Trinajstić information content (AvgIpc) is 3.40. The zero-order valence-corrected chi connectivity index (χ0v) is 15.9. The van der Waals surface area contributed by atoms with Crippen LogP contribution in [0, 0.1) is 0 Å². The van der Waals surface area contributed by atoms with Crippen LogP contribution in [0.3, 0.4) is 0 Å². The highest BCUT2D eigenvalue weighted by Crippen LogP contribution is 2.25. The predicted octanol–water partition coefficient (Wildman–Crippen LogP) is 3.67. The minimum absolute atomic E-state index is 0.117. The third kappa shape index (κ3) is 4.16. The van der Waals surface area contributed by atoms with E-state index in [9.17, 15) is 4.79 Å². The zero-order valence-electron chi connectivity index (χ0n) is 15.1. The number of aromatic nitrogens is 2. The van der Waals surface area contributed by atoms with Crippen molar-refractivity contribution in [2.24, 2.45) is 0 Å². The molecule has 0 spiro atoms. The van der Waals surface area contributed by atoms with Crippen molar-refractivity contribution < 1.29 is 9.32 Å². The lowest BCUT2D eigenvalue weighted by Gasteiger charge is -2.26. The molecule has 0 aliphatic carbocycles. The van der Waals surface area contributed by atoms with Crippen LogP contribution in [0.4, 0.5) is 6.01 Å². The minimum atomic E-state index is -0.366. The predicted molar refractivity (Wildman–Crippen MR) is 106 cm³/mol. The maximum atomic E-state index is 12.9. The summed E-state index contributed by atoms with van der Waals surface area (Å²) in [7, 11) is 0. The second-order valence-electron chi connectivity index (χ2n) is 6.60. The summed E-state index contributed by atoms with van der Waals surface area (Å²) in [6, 6.07) is 16.6. The van der Waals surface area contributed by atoms with Crippen molar-refractivity contribution in [2.45, 2.75) is 18.9 Å². The molecule has 2 N–H and O–H groups in total. The van der Waals surface area contributed by atoms with Crippen molar-refractivity contribution in [3.63, 3.8) is 0 Å². The number of halogens is 1. The molecule has 1 amide bonds. The summed E-state index contributed by atoms with van der Waals surface area (Å²) in [5.74, 6) is 0.243. The molecule has 2 heterocycles. The molecule has 0 radical (unpaired) electrons. The topological polar surface area (TPSA) is 83.3 Å². The second-order valence-corrected chi connectivity index (χ2v) is 7.04. The van der Waals surface area contributed by atoms with Crippen LogP contribution < -0.4 is 10.9 Å². The third-order valence-electron chi connectivity index (χ3n) is 4.69. The zero-order chi connectivity index (χ0) is 19.3. The van der Waals surface area contributed by atoms with Crippen LogP contribution in [-0.4, -0.2) is 34.0 Å². The average molecular weight is 398 g/mol. The van der Waals surface area contributed by atoms with Crippen LogP contribution in [0.15, 0.2) is 59.1 Å². The van der Waals surface area contributed by atoms with Gasteiger partial charge in [0.25, 0.3) is 5.91 Å². The summed E-state index contributed by atoms with van der Waals surface area (Å²) in [6.07, 6.45) is 2.19. The van der Waals surface area contributed by atoms with Crippen molar-refractivity contribution in [2.75, 3.05) is 18.5 Å². The van der Waals surface area contributed by atoms with Gasteiger partial charge in [-0.25, -0.2) is 5.43 Å². The largest absolute Gasteiger partial charge is 0.340 e. The molecule has 0 saturated carbocycles. The summed E-state index contributed by atoms with van der Waals surface area (Å²) in [5.41, 5.74) is 7.15. The van der Waals surface area contributed by atoms with Gasteiger partial charge in [0, 0.05) is 10.6 Å². The van der Waals surface area contributed by atoms with Gasteiger partial charge < -0.3 is 4.52 Å². The van der Waals surface area contributed by atoms with Gasteiger partial charge in [-0.1, -0.05) is 47.1 Å².